The Morgan fingerprint density at radius 1 is 1.21 bits per heavy atom. The molecule has 2 aromatic rings. The number of carbonyl (C=O) groups is 1. The molecule has 0 saturated heterocycles. The van der Waals surface area contributed by atoms with E-state index in [1.165, 1.54) is 6.92 Å². The summed E-state index contributed by atoms with van der Waals surface area (Å²) in [5, 5.41) is 0. The van der Waals surface area contributed by atoms with Gasteiger partial charge in [-0.25, -0.2) is 9.97 Å². The van der Waals surface area contributed by atoms with Crippen LogP contribution in [0.1, 0.15) is 19.7 Å². The first kappa shape index (κ1) is 13.2. The van der Waals surface area contributed by atoms with Crippen LogP contribution in [0.25, 0.3) is 11.3 Å². The molecule has 0 saturated carbocycles. The van der Waals surface area contributed by atoms with Crippen molar-refractivity contribution in [3.8, 4) is 17.0 Å². The van der Waals surface area contributed by atoms with Crippen molar-refractivity contribution >= 4 is 5.78 Å². The highest BCUT2D eigenvalue weighted by Gasteiger charge is 2.04. The van der Waals surface area contributed by atoms with Gasteiger partial charge in [-0.05, 0) is 44.2 Å². The van der Waals surface area contributed by atoms with Crippen LogP contribution in [-0.4, -0.2) is 22.4 Å². The minimum atomic E-state index is 0.0591. The van der Waals surface area contributed by atoms with E-state index >= 15 is 0 Å². The normalized spacial score (nSPS) is 10.2. The summed E-state index contributed by atoms with van der Waals surface area (Å²) in [6.45, 7) is 4.13. The van der Waals surface area contributed by atoms with Crippen molar-refractivity contribution in [1.82, 2.24) is 9.97 Å². The molecule has 0 atom stereocenters. The summed E-state index contributed by atoms with van der Waals surface area (Å²) in [4.78, 5) is 19.6. The Hall–Kier alpha value is -2.23. The molecule has 0 bridgehead atoms. The molecule has 98 valence electrons. The van der Waals surface area contributed by atoms with Crippen molar-refractivity contribution < 1.29 is 9.53 Å². The zero-order valence-electron chi connectivity index (χ0n) is 11.1. The van der Waals surface area contributed by atoms with Crippen LogP contribution in [0.3, 0.4) is 0 Å². The maximum atomic E-state index is 11.1. The summed E-state index contributed by atoms with van der Waals surface area (Å²) in [7, 11) is 0. The lowest BCUT2D eigenvalue weighted by molar-refractivity contribution is -0.116. The fourth-order valence-electron chi connectivity index (χ4n) is 1.76. The second kappa shape index (κ2) is 6.09. The Morgan fingerprint density at radius 3 is 2.58 bits per heavy atom. The third-order valence-electron chi connectivity index (χ3n) is 2.57. The maximum Gasteiger partial charge on any atom is 0.137 e. The van der Waals surface area contributed by atoms with Gasteiger partial charge in [-0.1, -0.05) is 0 Å². The maximum absolute atomic E-state index is 11.1. The molecule has 0 aliphatic carbocycles. The minimum Gasteiger partial charge on any atom is -0.494 e. The molecule has 0 N–H and O–H groups in total. The molecule has 0 amide bonds. The number of hydrogen-bond donors (Lipinski definition) is 0. The first-order valence-corrected chi connectivity index (χ1v) is 6.23. The SMILES string of the molecule is CCOc1ccc(-c2ccnc(CC(C)=O)n2)cc1. The molecule has 4 nitrogen and oxygen atoms in total. The predicted octanol–water partition coefficient (Wildman–Crippen LogP) is 2.67. The van der Waals surface area contributed by atoms with E-state index in [0.29, 0.717) is 12.4 Å². The number of ketones is 1. The number of carbonyl (C=O) groups excluding carboxylic acids is 1. The number of hydrogen-bond acceptors (Lipinski definition) is 4. The smallest absolute Gasteiger partial charge is 0.137 e. The fourth-order valence-corrected chi connectivity index (χ4v) is 1.76. The number of ether oxygens (including phenoxy) is 1. The molecule has 0 aliphatic rings. The fraction of sp³-hybridized carbons (Fsp3) is 0.267. The summed E-state index contributed by atoms with van der Waals surface area (Å²) >= 11 is 0. The monoisotopic (exact) mass is 256 g/mol. The summed E-state index contributed by atoms with van der Waals surface area (Å²) in [5.41, 5.74) is 1.80. The Kier molecular flexibility index (Phi) is 4.23. The van der Waals surface area contributed by atoms with Crippen LogP contribution in [-0.2, 0) is 11.2 Å². The molecule has 2 rings (SSSR count). The molecular weight excluding hydrogens is 240 g/mol. The highest BCUT2D eigenvalue weighted by Crippen LogP contribution is 2.20. The van der Waals surface area contributed by atoms with Gasteiger partial charge in [0.2, 0.25) is 0 Å². The van der Waals surface area contributed by atoms with Gasteiger partial charge < -0.3 is 4.74 Å². The Balaban J connectivity index is 2.23. The summed E-state index contributed by atoms with van der Waals surface area (Å²) in [6.07, 6.45) is 1.95. The number of aromatic nitrogens is 2. The molecule has 0 radical (unpaired) electrons. The number of nitrogens with zero attached hydrogens (tertiary/aromatic N) is 2. The molecular formula is C15H16N2O2. The Morgan fingerprint density at radius 2 is 1.95 bits per heavy atom. The van der Waals surface area contributed by atoms with E-state index in [2.05, 4.69) is 9.97 Å². The van der Waals surface area contributed by atoms with Crippen LogP contribution in [0.15, 0.2) is 36.5 Å². The van der Waals surface area contributed by atoms with Gasteiger partial charge in [0.05, 0.1) is 18.7 Å². The van der Waals surface area contributed by atoms with Gasteiger partial charge in [-0.15, -0.1) is 0 Å². The minimum absolute atomic E-state index is 0.0591. The molecule has 19 heavy (non-hydrogen) atoms. The van der Waals surface area contributed by atoms with Gasteiger partial charge in [-0.3, -0.25) is 4.79 Å². The van der Waals surface area contributed by atoms with Gasteiger partial charge in [0.15, 0.2) is 0 Å². The summed E-state index contributed by atoms with van der Waals surface area (Å²) in [6, 6.07) is 9.55. The van der Waals surface area contributed by atoms with E-state index in [1.54, 1.807) is 6.20 Å². The largest absolute Gasteiger partial charge is 0.494 e. The van der Waals surface area contributed by atoms with Crippen LogP contribution in [0, 0.1) is 0 Å². The van der Waals surface area contributed by atoms with Gasteiger partial charge in [-0.2, -0.15) is 0 Å². The lowest BCUT2D eigenvalue weighted by atomic mass is 10.1. The van der Waals surface area contributed by atoms with Crippen molar-refractivity contribution in [3.05, 3.63) is 42.4 Å². The van der Waals surface area contributed by atoms with E-state index < -0.39 is 0 Å². The van der Waals surface area contributed by atoms with Gasteiger partial charge >= 0.3 is 0 Å². The second-order valence-electron chi connectivity index (χ2n) is 4.19. The van der Waals surface area contributed by atoms with Crippen molar-refractivity contribution in [1.29, 1.82) is 0 Å². The first-order valence-electron chi connectivity index (χ1n) is 6.23. The Labute approximate surface area is 112 Å². The second-order valence-corrected chi connectivity index (χ2v) is 4.19. The van der Waals surface area contributed by atoms with E-state index in [4.69, 9.17) is 4.74 Å². The molecule has 1 heterocycles. The van der Waals surface area contributed by atoms with Crippen molar-refractivity contribution in [2.45, 2.75) is 20.3 Å². The van der Waals surface area contributed by atoms with Crippen molar-refractivity contribution in [3.63, 3.8) is 0 Å². The Bertz CT molecular complexity index is 565. The number of benzene rings is 1. The van der Waals surface area contributed by atoms with Crippen LogP contribution in [0.4, 0.5) is 0 Å². The molecule has 0 aliphatic heterocycles. The quantitative estimate of drug-likeness (QED) is 0.825. The molecule has 1 aromatic heterocycles. The van der Waals surface area contributed by atoms with Crippen LogP contribution in [0.2, 0.25) is 0 Å². The molecule has 0 unspecified atom stereocenters. The molecule has 0 fully saturated rings. The van der Waals surface area contributed by atoms with E-state index in [-0.39, 0.29) is 12.2 Å². The molecule has 4 heteroatoms. The molecule has 1 aromatic carbocycles. The lowest BCUT2D eigenvalue weighted by Crippen LogP contribution is -2.02. The van der Waals surface area contributed by atoms with E-state index in [1.807, 2.05) is 37.3 Å². The summed E-state index contributed by atoms with van der Waals surface area (Å²) < 4.78 is 5.40. The average molecular weight is 256 g/mol. The molecule has 0 spiro atoms. The van der Waals surface area contributed by atoms with Gasteiger partial charge in [0.25, 0.3) is 0 Å². The first-order chi connectivity index (χ1) is 9.19. The third-order valence-corrected chi connectivity index (χ3v) is 2.57. The van der Waals surface area contributed by atoms with Crippen LogP contribution in [0.5, 0.6) is 5.75 Å². The van der Waals surface area contributed by atoms with E-state index in [0.717, 1.165) is 17.0 Å². The third kappa shape index (κ3) is 3.61. The van der Waals surface area contributed by atoms with E-state index in [9.17, 15) is 4.79 Å². The zero-order valence-corrected chi connectivity index (χ0v) is 11.1. The highest BCUT2D eigenvalue weighted by molar-refractivity contribution is 5.77. The average Bonchev–Trinajstić information content (AvgIpc) is 2.39. The number of Topliss-reactive ketones (excluding diaryl/α,β-unsaturated/α-hetero) is 1. The summed E-state index contributed by atoms with van der Waals surface area (Å²) in [5.74, 6) is 1.45. The van der Waals surface area contributed by atoms with Crippen LogP contribution >= 0.6 is 0 Å². The number of rotatable bonds is 5. The standard InChI is InChI=1S/C15H16N2O2/c1-3-19-13-6-4-12(5-7-13)14-8-9-16-15(17-14)10-11(2)18/h4-9H,3,10H2,1-2H3. The van der Waals surface area contributed by atoms with Crippen LogP contribution < -0.4 is 4.74 Å². The zero-order chi connectivity index (χ0) is 13.7. The lowest BCUT2D eigenvalue weighted by Gasteiger charge is -2.05. The predicted molar refractivity (Wildman–Crippen MR) is 73.0 cm³/mol. The van der Waals surface area contributed by atoms with Crippen molar-refractivity contribution in [2.75, 3.05) is 6.61 Å². The topological polar surface area (TPSA) is 52.1 Å². The highest BCUT2D eigenvalue weighted by atomic mass is 16.5. The van der Waals surface area contributed by atoms with Crippen molar-refractivity contribution in [2.24, 2.45) is 0 Å². The van der Waals surface area contributed by atoms with Gasteiger partial charge in [0, 0.05) is 11.8 Å². The van der Waals surface area contributed by atoms with Gasteiger partial charge in [0.1, 0.15) is 17.4 Å².